The molecule has 0 bridgehead atoms. The summed E-state index contributed by atoms with van der Waals surface area (Å²) in [6, 6.07) is 4.89. The standard InChI is InChI=1S/C19H24FN3O3S/c1-12-5-6-14(17(20)9-12)10-16-13(2)19(24)22(3)11-18(16)21-27(25,26)23(4)15-7-8-15/h5-6,9,11,15,21H,7-8,10H2,1-4H3. The van der Waals surface area contributed by atoms with E-state index >= 15 is 0 Å². The molecule has 1 aliphatic rings. The molecule has 146 valence electrons. The SMILES string of the molecule is Cc1ccc(Cc2c(NS(=O)(=O)N(C)C3CC3)cn(C)c(=O)c2C)c(F)c1. The van der Waals surface area contributed by atoms with Crippen molar-refractivity contribution in [1.82, 2.24) is 8.87 Å². The maximum absolute atomic E-state index is 14.3. The van der Waals surface area contributed by atoms with Gasteiger partial charge in [-0.1, -0.05) is 12.1 Å². The average molecular weight is 393 g/mol. The fourth-order valence-corrected chi connectivity index (χ4v) is 4.27. The van der Waals surface area contributed by atoms with E-state index in [1.807, 2.05) is 0 Å². The Kier molecular flexibility index (Phi) is 5.14. The maximum Gasteiger partial charge on any atom is 0.301 e. The van der Waals surface area contributed by atoms with E-state index in [1.54, 1.807) is 33.0 Å². The first-order valence-corrected chi connectivity index (χ1v) is 10.2. The molecule has 1 N–H and O–H groups in total. The highest BCUT2D eigenvalue weighted by Gasteiger charge is 2.34. The van der Waals surface area contributed by atoms with Crippen LogP contribution in [-0.4, -0.2) is 30.4 Å². The first-order valence-electron chi connectivity index (χ1n) is 8.80. The van der Waals surface area contributed by atoms with Gasteiger partial charge in [0.1, 0.15) is 5.82 Å². The molecule has 1 aromatic heterocycles. The van der Waals surface area contributed by atoms with Crippen LogP contribution in [0.5, 0.6) is 0 Å². The van der Waals surface area contributed by atoms with Crippen LogP contribution in [0.15, 0.2) is 29.2 Å². The number of pyridine rings is 1. The smallest absolute Gasteiger partial charge is 0.301 e. The van der Waals surface area contributed by atoms with E-state index in [4.69, 9.17) is 0 Å². The molecular formula is C19H24FN3O3S. The van der Waals surface area contributed by atoms with Crippen LogP contribution in [-0.2, 0) is 23.7 Å². The number of benzene rings is 1. The second-order valence-electron chi connectivity index (χ2n) is 7.19. The van der Waals surface area contributed by atoms with Crippen LogP contribution in [0.3, 0.4) is 0 Å². The Hall–Kier alpha value is -2.19. The lowest BCUT2D eigenvalue weighted by atomic mass is 9.99. The molecule has 3 rings (SSSR count). The van der Waals surface area contributed by atoms with Crippen molar-refractivity contribution in [3.8, 4) is 0 Å². The van der Waals surface area contributed by atoms with E-state index in [-0.39, 0.29) is 23.8 Å². The van der Waals surface area contributed by atoms with Crippen molar-refractivity contribution in [2.45, 2.75) is 39.2 Å². The van der Waals surface area contributed by atoms with Crippen molar-refractivity contribution in [1.29, 1.82) is 0 Å². The number of rotatable bonds is 6. The van der Waals surface area contributed by atoms with Gasteiger partial charge in [0.2, 0.25) is 0 Å². The van der Waals surface area contributed by atoms with Gasteiger partial charge >= 0.3 is 10.2 Å². The lowest BCUT2D eigenvalue weighted by Crippen LogP contribution is -2.35. The summed E-state index contributed by atoms with van der Waals surface area (Å²) in [7, 11) is -0.655. The first kappa shape index (κ1) is 19.6. The average Bonchev–Trinajstić information content (AvgIpc) is 3.42. The minimum atomic E-state index is -3.75. The normalized spacial score (nSPS) is 14.6. The molecule has 0 aliphatic heterocycles. The number of anilines is 1. The van der Waals surface area contributed by atoms with Crippen molar-refractivity contribution in [3.63, 3.8) is 0 Å². The van der Waals surface area contributed by atoms with E-state index in [1.165, 1.54) is 28.2 Å². The summed E-state index contributed by atoms with van der Waals surface area (Å²) >= 11 is 0. The quantitative estimate of drug-likeness (QED) is 0.820. The summed E-state index contributed by atoms with van der Waals surface area (Å²) in [5, 5.41) is 0. The van der Waals surface area contributed by atoms with Crippen molar-refractivity contribution in [2.75, 3.05) is 11.8 Å². The molecule has 1 saturated carbocycles. The zero-order chi connectivity index (χ0) is 19.9. The van der Waals surface area contributed by atoms with Gasteiger partial charge in [0.25, 0.3) is 5.56 Å². The summed E-state index contributed by atoms with van der Waals surface area (Å²) in [5.41, 5.74) is 2.13. The fraction of sp³-hybridized carbons (Fsp3) is 0.421. The highest BCUT2D eigenvalue weighted by Crippen LogP contribution is 2.29. The molecule has 6 nitrogen and oxygen atoms in total. The van der Waals surface area contributed by atoms with Crippen LogP contribution >= 0.6 is 0 Å². The third-order valence-electron chi connectivity index (χ3n) is 5.00. The van der Waals surface area contributed by atoms with Crippen LogP contribution < -0.4 is 10.3 Å². The molecule has 27 heavy (non-hydrogen) atoms. The number of aryl methyl sites for hydroxylation is 2. The van der Waals surface area contributed by atoms with Gasteiger partial charge in [-0.15, -0.1) is 0 Å². The molecule has 1 fully saturated rings. The Labute approximate surface area is 158 Å². The van der Waals surface area contributed by atoms with Gasteiger partial charge in [-0.05, 0) is 49.4 Å². The lowest BCUT2D eigenvalue weighted by molar-refractivity contribution is 0.469. The number of hydrogen-bond acceptors (Lipinski definition) is 3. The highest BCUT2D eigenvalue weighted by atomic mass is 32.2. The predicted octanol–water partition coefficient (Wildman–Crippen LogP) is 2.48. The Morgan fingerprint density at radius 3 is 2.56 bits per heavy atom. The Morgan fingerprint density at radius 2 is 1.96 bits per heavy atom. The summed E-state index contributed by atoms with van der Waals surface area (Å²) in [5.74, 6) is -0.376. The van der Waals surface area contributed by atoms with Crippen LogP contribution in [0.2, 0.25) is 0 Å². The van der Waals surface area contributed by atoms with Crippen molar-refractivity contribution >= 4 is 15.9 Å². The summed E-state index contributed by atoms with van der Waals surface area (Å²) in [6.07, 6.45) is 3.25. The predicted molar refractivity (Wildman–Crippen MR) is 104 cm³/mol. The molecule has 0 amide bonds. The molecule has 0 radical (unpaired) electrons. The number of nitrogens with one attached hydrogen (secondary N) is 1. The Morgan fingerprint density at radius 1 is 1.30 bits per heavy atom. The summed E-state index contributed by atoms with van der Waals surface area (Å²) in [6.45, 7) is 3.43. The molecule has 0 spiro atoms. The molecule has 1 aliphatic carbocycles. The molecule has 8 heteroatoms. The Balaban J connectivity index is 2.04. The highest BCUT2D eigenvalue weighted by molar-refractivity contribution is 7.90. The zero-order valence-electron chi connectivity index (χ0n) is 15.9. The number of nitrogens with zero attached hydrogens (tertiary/aromatic N) is 2. The third kappa shape index (κ3) is 4.06. The van der Waals surface area contributed by atoms with Gasteiger partial charge in [-0.25, -0.2) is 4.39 Å². The molecule has 1 aromatic carbocycles. The van der Waals surface area contributed by atoms with Crippen LogP contribution in [0, 0.1) is 19.7 Å². The molecule has 1 heterocycles. The van der Waals surface area contributed by atoms with Crippen LogP contribution in [0.4, 0.5) is 10.1 Å². The van der Waals surface area contributed by atoms with E-state index in [9.17, 15) is 17.6 Å². The number of halogens is 1. The van der Waals surface area contributed by atoms with Gasteiger partial charge in [0, 0.05) is 38.3 Å². The van der Waals surface area contributed by atoms with Gasteiger partial charge in [-0.3, -0.25) is 9.52 Å². The maximum atomic E-state index is 14.3. The van der Waals surface area contributed by atoms with Gasteiger partial charge in [0.15, 0.2) is 0 Å². The van der Waals surface area contributed by atoms with E-state index < -0.39 is 10.2 Å². The topological polar surface area (TPSA) is 71.4 Å². The van der Waals surface area contributed by atoms with Gasteiger partial charge < -0.3 is 4.57 Å². The first-order chi connectivity index (χ1) is 12.6. The molecular weight excluding hydrogens is 369 g/mol. The Bertz CT molecular complexity index is 1040. The third-order valence-corrected chi connectivity index (χ3v) is 6.53. The second kappa shape index (κ2) is 7.09. The summed E-state index contributed by atoms with van der Waals surface area (Å²) < 4.78 is 44.9. The molecule has 2 aromatic rings. The lowest BCUT2D eigenvalue weighted by Gasteiger charge is -2.21. The monoisotopic (exact) mass is 393 g/mol. The van der Waals surface area contributed by atoms with Gasteiger partial charge in [0.05, 0.1) is 5.69 Å². The van der Waals surface area contributed by atoms with E-state index in [2.05, 4.69) is 4.72 Å². The van der Waals surface area contributed by atoms with E-state index in [0.717, 1.165) is 18.4 Å². The minimum Gasteiger partial charge on any atom is -0.316 e. The minimum absolute atomic E-state index is 0.00845. The van der Waals surface area contributed by atoms with Crippen molar-refractivity contribution < 1.29 is 12.8 Å². The zero-order valence-corrected chi connectivity index (χ0v) is 16.7. The number of hydrogen-bond donors (Lipinski definition) is 1. The van der Waals surface area contributed by atoms with Crippen molar-refractivity contribution in [3.05, 3.63) is 62.8 Å². The molecule has 0 saturated heterocycles. The van der Waals surface area contributed by atoms with E-state index in [0.29, 0.717) is 22.4 Å². The fourth-order valence-electron chi connectivity index (χ4n) is 3.07. The summed E-state index contributed by atoms with van der Waals surface area (Å²) in [4.78, 5) is 12.4. The largest absolute Gasteiger partial charge is 0.316 e. The molecule has 0 atom stereocenters. The van der Waals surface area contributed by atoms with Crippen molar-refractivity contribution in [2.24, 2.45) is 7.05 Å². The number of aromatic nitrogens is 1. The van der Waals surface area contributed by atoms with Crippen LogP contribution in [0.1, 0.15) is 35.1 Å². The molecule has 0 unspecified atom stereocenters. The van der Waals surface area contributed by atoms with Gasteiger partial charge in [-0.2, -0.15) is 12.7 Å². The second-order valence-corrected chi connectivity index (χ2v) is 8.92. The van der Waals surface area contributed by atoms with Crippen LogP contribution in [0.25, 0.3) is 0 Å².